The number of aliphatic hydroxyl groups is 1. The number of hydrogen-bond donors (Lipinski definition) is 4. The van der Waals surface area contributed by atoms with E-state index in [1.807, 2.05) is 12.1 Å². The van der Waals surface area contributed by atoms with E-state index in [4.69, 9.17) is 16.3 Å². The molecule has 1 aromatic heterocycles. The maximum absolute atomic E-state index is 13.3. The van der Waals surface area contributed by atoms with Crippen LogP contribution in [0.4, 0.5) is 5.69 Å². The molecule has 10 nitrogen and oxygen atoms in total. The number of methoxy groups -OCH3 is 1. The number of carbonyl (C=O) groups excluding carboxylic acids is 3. The quantitative estimate of drug-likeness (QED) is 0.270. The predicted octanol–water partition coefficient (Wildman–Crippen LogP) is 3.68. The third-order valence-corrected chi connectivity index (χ3v) is 6.96. The van der Waals surface area contributed by atoms with Crippen molar-refractivity contribution in [2.45, 2.75) is 31.4 Å². The normalized spacial score (nSPS) is 19.3. The molecule has 11 heteroatoms. The number of halogens is 1. The van der Waals surface area contributed by atoms with Crippen LogP contribution in [-0.2, 0) is 25.5 Å². The van der Waals surface area contributed by atoms with Gasteiger partial charge in [-0.1, -0.05) is 48.0 Å². The first-order chi connectivity index (χ1) is 19.8. The van der Waals surface area contributed by atoms with E-state index in [1.165, 1.54) is 13.2 Å². The van der Waals surface area contributed by atoms with Crippen LogP contribution in [0, 0.1) is 0 Å². The van der Waals surface area contributed by atoms with Gasteiger partial charge in [0.2, 0.25) is 11.8 Å². The Bertz CT molecular complexity index is 1590. The SMILES string of the molecule is COC(=O)Cc1ccc2c(c1)NC(=O)CC(O)/C=C/C[C@H](NC(=O)C1=CC(c3cccc(Cl)c3)=NC1)c1ncc-2[nH]1. The first-order valence-electron chi connectivity index (χ1n) is 13.0. The molecular formula is C30H28ClN5O5. The number of anilines is 1. The van der Waals surface area contributed by atoms with Crippen molar-refractivity contribution in [1.29, 1.82) is 0 Å². The fourth-order valence-electron chi connectivity index (χ4n) is 4.64. The van der Waals surface area contributed by atoms with Gasteiger partial charge in [-0.2, -0.15) is 0 Å². The molecule has 2 amide bonds. The summed E-state index contributed by atoms with van der Waals surface area (Å²) in [7, 11) is 1.31. The van der Waals surface area contributed by atoms with Crippen molar-refractivity contribution < 1.29 is 24.2 Å². The molecule has 0 radical (unpaired) electrons. The first-order valence-corrected chi connectivity index (χ1v) is 13.4. The topological polar surface area (TPSA) is 146 Å². The molecule has 0 aliphatic carbocycles. The minimum Gasteiger partial charge on any atom is -0.469 e. The number of fused-ring (bicyclic) bond motifs is 4. The molecule has 41 heavy (non-hydrogen) atoms. The van der Waals surface area contributed by atoms with Crippen molar-refractivity contribution in [1.82, 2.24) is 15.3 Å². The number of rotatable bonds is 5. The largest absolute Gasteiger partial charge is 0.469 e. The molecule has 4 N–H and O–H groups in total. The fraction of sp³-hybridized carbons (Fsp3) is 0.233. The Morgan fingerprint density at radius 2 is 2.07 bits per heavy atom. The number of aliphatic imine (C=N–C) groups is 1. The van der Waals surface area contributed by atoms with Crippen LogP contribution in [0.25, 0.3) is 11.3 Å². The summed E-state index contributed by atoms with van der Waals surface area (Å²) in [5.41, 5.74) is 4.34. The van der Waals surface area contributed by atoms with Gasteiger partial charge in [-0.3, -0.25) is 19.4 Å². The summed E-state index contributed by atoms with van der Waals surface area (Å²) >= 11 is 6.11. The molecule has 5 rings (SSSR count). The summed E-state index contributed by atoms with van der Waals surface area (Å²) in [5, 5.41) is 16.9. The van der Waals surface area contributed by atoms with Crippen molar-refractivity contribution in [2.75, 3.05) is 19.0 Å². The van der Waals surface area contributed by atoms with Gasteiger partial charge < -0.3 is 25.5 Å². The number of nitrogens with zero attached hydrogens (tertiary/aromatic N) is 2. The second-order valence-electron chi connectivity index (χ2n) is 9.71. The summed E-state index contributed by atoms with van der Waals surface area (Å²) in [6.07, 6.45) is 5.74. The number of nitrogens with one attached hydrogen (secondary N) is 3. The van der Waals surface area contributed by atoms with E-state index in [0.717, 1.165) is 5.56 Å². The summed E-state index contributed by atoms with van der Waals surface area (Å²) in [6, 6.07) is 12.0. The lowest BCUT2D eigenvalue weighted by atomic mass is 10.0. The number of carbonyl (C=O) groups is 3. The fourth-order valence-corrected chi connectivity index (χ4v) is 4.83. The first kappa shape index (κ1) is 28.0. The number of aliphatic hydroxyl groups excluding tert-OH is 1. The predicted molar refractivity (Wildman–Crippen MR) is 155 cm³/mol. The van der Waals surface area contributed by atoms with Gasteiger partial charge in [-0.05, 0) is 36.3 Å². The van der Waals surface area contributed by atoms with Crippen LogP contribution < -0.4 is 10.6 Å². The van der Waals surface area contributed by atoms with E-state index in [9.17, 15) is 19.5 Å². The molecule has 1 unspecified atom stereocenters. The number of H-pyrrole nitrogens is 1. The number of ether oxygens (including phenoxy) is 1. The highest BCUT2D eigenvalue weighted by atomic mass is 35.5. The Kier molecular flexibility index (Phi) is 8.42. The lowest BCUT2D eigenvalue weighted by molar-refractivity contribution is -0.139. The van der Waals surface area contributed by atoms with E-state index >= 15 is 0 Å². The van der Waals surface area contributed by atoms with Crippen LogP contribution in [-0.4, -0.2) is 58.3 Å². The number of allylic oxidation sites excluding steroid dienone is 1. The highest BCUT2D eigenvalue weighted by Crippen LogP contribution is 2.30. The van der Waals surface area contributed by atoms with Crippen LogP contribution >= 0.6 is 11.6 Å². The van der Waals surface area contributed by atoms with E-state index in [0.29, 0.717) is 51.1 Å². The molecule has 3 heterocycles. The molecule has 0 fully saturated rings. The monoisotopic (exact) mass is 573 g/mol. The van der Waals surface area contributed by atoms with Gasteiger partial charge >= 0.3 is 5.97 Å². The Morgan fingerprint density at radius 1 is 1.22 bits per heavy atom. The number of aromatic amines is 1. The molecule has 2 bridgehead atoms. The molecule has 0 saturated heterocycles. The molecule has 210 valence electrons. The summed E-state index contributed by atoms with van der Waals surface area (Å²) in [5.74, 6) is -0.605. The summed E-state index contributed by atoms with van der Waals surface area (Å²) < 4.78 is 4.76. The highest BCUT2D eigenvalue weighted by molar-refractivity contribution is 6.31. The molecular weight excluding hydrogens is 546 g/mol. The number of amides is 2. The number of hydrogen-bond acceptors (Lipinski definition) is 7. The molecule has 3 aromatic rings. The van der Waals surface area contributed by atoms with E-state index in [1.54, 1.807) is 48.7 Å². The van der Waals surface area contributed by atoms with Gasteiger partial charge in [0.05, 0.1) is 61.9 Å². The number of esters is 1. The molecule has 2 aliphatic rings. The second-order valence-corrected chi connectivity index (χ2v) is 10.1. The third kappa shape index (κ3) is 6.79. The van der Waals surface area contributed by atoms with Gasteiger partial charge in [-0.15, -0.1) is 0 Å². The van der Waals surface area contributed by atoms with Crippen LogP contribution in [0.2, 0.25) is 5.02 Å². The van der Waals surface area contributed by atoms with Crippen LogP contribution in [0.3, 0.4) is 0 Å². The maximum Gasteiger partial charge on any atom is 0.309 e. The van der Waals surface area contributed by atoms with E-state index in [-0.39, 0.29) is 25.3 Å². The van der Waals surface area contributed by atoms with Gasteiger partial charge in [0.25, 0.3) is 0 Å². The molecule has 2 aromatic carbocycles. The molecule has 0 saturated carbocycles. The Balaban J connectivity index is 1.42. The van der Waals surface area contributed by atoms with Crippen LogP contribution in [0.15, 0.2) is 77.5 Å². The summed E-state index contributed by atoms with van der Waals surface area (Å²) in [4.78, 5) is 50.1. The van der Waals surface area contributed by atoms with Crippen molar-refractivity contribution in [3.8, 4) is 11.3 Å². The van der Waals surface area contributed by atoms with E-state index in [2.05, 4.69) is 25.6 Å². The van der Waals surface area contributed by atoms with E-state index < -0.39 is 24.0 Å². The van der Waals surface area contributed by atoms with Gasteiger partial charge in [0.1, 0.15) is 5.82 Å². The zero-order valence-electron chi connectivity index (χ0n) is 22.2. The van der Waals surface area contributed by atoms with Crippen molar-refractivity contribution in [3.05, 3.63) is 94.4 Å². The Labute approximate surface area is 241 Å². The molecule has 2 aliphatic heterocycles. The average molecular weight is 574 g/mol. The van der Waals surface area contributed by atoms with Gasteiger partial charge in [0, 0.05) is 21.7 Å². The average Bonchev–Trinajstić information content (AvgIpc) is 3.63. The van der Waals surface area contributed by atoms with Crippen LogP contribution in [0.1, 0.15) is 35.8 Å². The Morgan fingerprint density at radius 3 is 2.88 bits per heavy atom. The smallest absolute Gasteiger partial charge is 0.309 e. The Hall–Kier alpha value is -4.54. The van der Waals surface area contributed by atoms with Gasteiger partial charge in [0.15, 0.2) is 0 Å². The van der Waals surface area contributed by atoms with Crippen molar-refractivity contribution in [3.63, 3.8) is 0 Å². The molecule has 2 atom stereocenters. The lowest BCUT2D eigenvalue weighted by Gasteiger charge is -2.16. The summed E-state index contributed by atoms with van der Waals surface area (Å²) in [6.45, 7) is 0.230. The minimum atomic E-state index is -1.04. The standard InChI is InChI=1S/C30H28ClN5O5/c1-41-28(39)11-17-8-9-22-25(10-17)34-27(38)14-21(37)6-3-7-23(29-33-16-26(22)35-29)36-30(40)19-13-24(32-15-19)18-4-2-5-20(31)12-18/h2-6,8-10,12-13,16,21,23,37H,7,11,14-15H2,1H3,(H,33,35)(H,34,38)(H,36,40)/b6-3+/t21?,23-/m0/s1. The van der Waals surface area contributed by atoms with Crippen molar-refractivity contribution >= 4 is 40.8 Å². The van der Waals surface area contributed by atoms with Crippen LogP contribution in [0.5, 0.6) is 0 Å². The number of imidazole rings is 1. The zero-order valence-corrected chi connectivity index (χ0v) is 22.9. The second kappa shape index (κ2) is 12.3. The zero-order chi connectivity index (χ0) is 28.9. The number of benzene rings is 2. The van der Waals surface area contributed by atoms with Gasteiger partial charge in [-0.25, -0.2) is 4.98 Å². The highest BCUT2D eigenvalue weighted by Gasteiger charge is 2.24. The number of aromatic nitrogens is 2. The third-order valence-electron chi connectivity index (χ3n) is 6.72. The molecule has 0 spiro atoms. The lowest BCUT2D eigenvalue weighted by Crippen LogP contribution is -2.30. The minimum absolute atomic E-state index is 0.0337. The van der Waals surface area contributed by atoms with Crippen molar-refractivity contribution in [2.24, 2.45) is 4.99 Å². The maximum atomic E-state index is 13.3.